The number of nitrogens with one attached hydrogen (secondary N) is 2. The molecule has 2 N–H and O–H groups in total. The molecule has 1 aromatic rings. The van der Waals surface area contributed by atoms with Crippen LogP contribution in [0.15, 0.2) is 24.3 Å². The molecule has 20 heavy (non-hydrogen) atoms. The molecule has 1 aliphatic heterocycles. The normalized spacial score (nSPS) is 17.9. The summed E-state index contributed by atoms with van der Waals surface area (Å²) in [4.78, 5) is 14.1. The molecule has 0 radical (unpaired) electrons. The van der Waals surface area contributed by atoms with Crippen LogP contribution in [0.4, 0.5) is 5.69 Å². The van der Waals surface area contributed by atoms with Crippen LogP contribution >= 0.6 is 12.2 Å². The van der Waals surface area contributed by atoms with Gasteiger partial charge < -0.3 is 15.5 Å². The fraction of sp³-hybridized carbons (Fsp3) is 0.467. The smallest absolute Gasteiger partial charge is 0.253 e. The van der Waals surface area contributed by atoms with Crippen molar-refractivity contribution in [3.05, 3.63) is 29.8 Å². The molecule has 1 saturated heterocycles. The topological polar surface area (TPSA) is 44.4 Å². The maximum absolute atomic E-state index is 12.2. The second kappa shape index (κ2) is 5.79. The van der Waals surface area contributed by atoms with Crippen molar-refractivity contribution in [2.75, 3.05) is 18.4 Å². The minimum atomic E-state index is 0.132. The van der Waals surface area contributed by atoms with Crippen molar-refractivity contribution in [3.8, 4) is 0 Å². The van der Waals surface area contributed by atoms with Crippen LogP contribution in [-0.4, -0.2) is 35.1 Å². The van der Waals surface area contributed by atoms with E-state index >= 15 is 0 Å². The van der Waals surface area contributed by atoms with E-state index < -0.39 is 0 Å². The molecule has 1 aromatic carbocycles. The number of hydrogen-bond acceptors (Lipinski definition) is 2. The van der Waals surface area contributed by atoms with E-state index in [2.05, 4.69) is 10.6 Å². The number of rotatable bonds is 3. The van der Waals surface area contributed by atoms with Gasteiger partial charge in [-0.2, -0.15) is 0 Å². The number of benzene rings is 1. The average molecular weight is 289 g/mol. The number of anilines is 1. The molecule has 0 unspecified atom stereocenters. The third-order valence-corrected chi connectivity index (χ3v) is 3.92. The third-order valence-electron chi connectivity index (χ3n) is 3.70. The minimum Gasteiger partial charge on any atom is -0.360 e. The van der Waals surface area contributed by atoms with E-state index in [0.717, 1.165) is 37.2 Å². The highest BCUT2D eigenvalue weighted by Crippen LogP contribution is 2.19. The van der Waals surface area contributed by atoms with Gasteiger partial charge in [-0.15, -0.1) is 0 Å². The Morgan fingerprint density at radius 1 is 1.15 bits per heavy atom. The number of hydrogen-bond donors (Lipinski definition) is 2. The first-order valence-electron chi connectivity index (χ1n) is 7.19. The lowest BCUT2D eigenvalue weighted by Crippen LogP contribution is -2.30. The van der Waals surface area contributed by atoms with Gasteiger partial charge in [-0.05, 0) is 62.2 Å². The third kappa shape index (κ3) is 3.28. The van der Waals surface area contributed by atoms with Crippen LogP contribution in [-0.2, 0) is 0 Å². The summed E-state index contributed by atoms with van der Waals surface area (Å²) in [6, 6.07) is 8.09. The molecule has 0 atom stereocenters. The van der Waals surface area contributed by atoms with Gasteiger partial charge in [-0.3, -0.25) is 4.79 Å². The lowest BCUT2D eigenvalue weighted by molar-refractivity contribution is 0.0793. The summed E-state index contributed by atoms with van der Waals surface area (Å²) < 4.78 is 0. The lowest BCUT2D eigenvalue weighted by Gasteiger charge is -2.15. The Morgan fingerprint density at radius 2 is 1.80 bits per heavy atom. The highest BCUT2D eigenvalue weighted by Gasteiger charge is 2.22. The van der Waals surface area contributed by atoms with E-state index in [9.17, 15) is 4.79 Å². The average Bonchev–Trinajstić information content (AvgIpc) is 3.08. The Labute approximate surface area is 124 Å². The van der Waals surface area contributed by atoms with E-state index in [-0.39, 0.29) is 5.91 Å². The molecule has 0 spiro atoms. The van der Waals surface area contributed by atoms with Crippen molar-refractivity contribution in [1.82, 2.24) is 10.2 Å². The number of amides is 1. The van der Waals surface area contributed by atoms with Gasteiger partial charge in [0.05, 0.1) is 0 Å². The van der Waals surface area contributed by atoms with E-state index in [1.165, 1.54) is 12.8 Å². The van der Waals surface area contributed by atoms with Crippen molar-refractivity contribution in [2.45, 2.75) is 31.7 Å². The van der Waals surface area contributed by atoms with Crippen molar-refractivity contribution in [1.29, 1.82) is 0 Å². The monoisotopic (exact) mass is 289 g/mol. The molecule has 106 valence electrons. The molecule has 5 heteroatoms. The predicted molar refractivity (Wildman–Crippen MR) is 84.0 cm³/mol. The van der Waals surface area contributed by atoms with Crippen molar-refractivity contribution >= 4 is 28.9 Å². The van der Waals surface area contributed by atoms with Gasteiger partial charge in [-0.25, -0.2) is 0 Å². The Bertz CT molecular complexity index is 504. The van der Waals surface area contributed by atoms with Gasteiger partial charge in [0.15, 0.2) is 5.11 Å². The highest BCUT2D eigenvalue weighted by molar-refractivity contribution is 7.80. The number of carbonyl (C=O) groups is 1. The minimum absolute atomic E-state index is 0.132. The summed E-state index contributed by atoms with van der Waals surface area (Å²) in [5.41, 5.74) is 1.67. The van der Waals surface area contributed by atoms with Gasteiger partial charge in [-0.1, -0.05) is 0 Å². The summed E-state index contributed by atoms with van der Waals surface area (Å²) in [6.45, 7) is 1.77. The Balaban J connectivity index is 1.58. The molecule has 1 aliphatic carbocycles. The molecule has 0 bridgehead atoms. The quantitative estimate of drug-likeness (QED) is 0.839. The molecule has 4 nitrogen and oxygen atoms in total. The first-order chi connectivity index (χ1) is 9.72. The van der Waals surface area contributed by atoms with Gasteiger partial charge in [0, 0.05) is 30.4 Å². The molecule has 1 saturated carbocycles. The zero-order chi connectivity index (χ0) is 13.9. The van der Waals surface area contributed by atoms with Crippen LogP contribution in [0.1, 0.15) is 36.0 Å². The van der Waals surface area contributed by atoms with Gasteiger partial charge >= 0.3 is 0 Å². The van der Waals surface area contributed by atoms with Crippen LogP contribution < -0.4 is 10.6 Å². The van der Waals surface area contributed by atoms with Crippen molar-refractivity contribution in [2.24, 2.45) is 0 Å². The SMILES string of the molecule is O=C(c1ccc(NC(=S)NC2CC2)cc1)N1CCCC1. The second-order valence-corrected chi connectivity index (χ2v) is 5.86. The first-order valence-corrected chi connectivity index (χ1v) is 7.60. The van der Waals surface area contributed by atoms with Gasteiger partial charge in [0.2, 0.25) is 0 Å². The number of likely N-dealkylation sites (tertiary alicyclic amines) is 1. The van der Waals surface area contributed by atoms with Crippen LogP contribution in [0, 0.1) is 0 Å². The van der Waals surface area contributed by atoms with E-state index in [1.807, 2.05) is 29.2 Å². The number of carbonyl (C=O) groups excluding carboxylic acids is 1. The summed E-state index contributed by atoms with van der Waals surface area (Å²) >= 11 is 5.23. The van der Waals surface area contributed by atoms with Crippen LogP contribution in [0.25, 0.3) is 0 Å². The fourth-order valence-corrected chi connectivity index (χ4v) is 2.66. The largest absolute Gasteiger partial charge is 0.360 e. The van der Waals surface area contributed by atoms with Gasteiger partial charge in [0.1, 0.15) is 0 Å². The maximum atomic E-state index is 12.2. The maximum Gasteiger partial charge on any atom is 0.253 e. The Hall–Kier alpha value is -1.62. The summed E-state index contributed by atoms with van der Waals surface area (Å²) in [5.74, 6) is 0.132. The van der Waals surface area contributed by atoms with Crippen LogP contribution in [0.2, 0.25) is 0 Å². The van der Waals surface area contributed by atoms with Crippen LogP contribution in [0.3, 0.4) is 0 Å². The van der Waals surface area contributed by atoms with Crippen LogP contribution in [0.5, 0.6) is 0 Å². The molecule has 1 heterocycles. The summed E-state index contributed by atoms with van der Waals surface area (Å²) in [7, 11) is 0. The van der Waals surface area contributed by atoms with Crippen molar-refractivity contribution < 1.29 is 4.79 Å². The van der Waals surface area contributed by atoms with E-state index in [0.29, 0.717) is 11.2 Å². The zero-order valence-corrected chi connectivity index (χ0v) is 12.2. The van der Waals surface area contributed by atoms with E-state index in [4.69, 9.17) is 12.2 Å². The second-order valence-electron chi connectivity index (χ2n) is 5.45. The lowest BCUT2D eigenvalue weighted by atomic mass is 10.2. The van der Waals surface area contributed by atoms with Crippen molar-refractivity contribution in [3.63, 3.8) is 0 Å². The number of nitrogens with zero attached hydrogens (tertiary/aromatic N) is 1. The standard InChI is InChI=1S/C15H19N3OS/c19-14(18-9-1-2-10-18)11-3-5-12(6-4-11)16-15(20)17-13-7-8-13/h3-6,13H,1-2,7-10H2,(H2,16,17,20). The fourth-order valence-electron chi connectivity index (χ4n) is 2.38. The zero-order valence-electron chi connectivity index (χ0n) is 11.4. The molecule has 2 aliphatic rings. The van der Waals surface area contributed by atoms with E-state index in [1.54, 1.807) is 0 Å². The highest BCUT2D eigenvalue weighted by atomic mass is 32.1. The molecular weight excluding hydrogens is 270 g/mol. The Kier molecular flexibility index (Phi) is 3.87. The predicted octanol–water partition coefficient (Wildman–Crippen LogP) is 2.37. The first kappa shape index (κ1) is 13.4. The molecular formula is C15H19N3OS. The number of thiocarbonyl (C=S) groups is 1. The molecule has 1 amide bonds. The summed E-state index contributed by atoms with van der Waals surface area (Å²) in [6.07, 6.45) is 4.63. The molecule has 2 fully saturated rings. The molecule has 0 aromatic heterocycles. The Morgan fingerprint density at radius 3 is 2.40 bits per heavy atom. The summed E-state index contributed by atoms with van der Waals surface area (Å²) in [5, 5.41) is 7.03. The van der Waals surface area contributed by atoms with Gasteiger partial charge in [0.25, 0.3) is 5.91 Å². The molecule has 3 rings (SSSR count).